The van der Waals surface area contributed by atoms with Crippen LogP contribution in [-0.4, -0.2) is 56.5 Å². The molecule has 0 bridgehead atoms. The standard InChI is InChI=1S/C20H20F3N5O2/c21-20(22,23)17-10-16(13-3-4-13)25-18-15(11-24-28(17)18)19(29)27-7-5-26(6-8-27)12-14-2-1-9-30-14/h1-2,9-11,13H,3-8,12H2. The van der Waals surface area contributed by atoms with E-state index in [1.807, 2.05) is 12.1 Å². The number of rotatable bonds is 4. The summed E-state index contributed by atoms with van der Waals surface area (Å²) in [5, 5.41) is 3.85. The molecule has 1 aliphatic carbocycles. The maximum atomic E-state index is 13.5. The Morgan fingerprint density at radius 1 is 1.20 bits per heavy atom. The van der Waals surface area contributed by atoms with E-state index in [9.17, 15) is 18.0 Å². The molecule has 1 saturated carbocycles. The van der Waals surface area contributed by atoms with Crippen LogP contribution in [-0.2, 0) is 12.7 Å². The maximum absolute atomic E-state index is 13.5. The number of hydrogen-bond donors (Lipinski definition) is 0. The minimum Gasteiger partial charge on any atom is -0.468 e. The van der Waals surface area contributed by atoms with Crippen LogP contribution < -0.4 is 0 Å². The highest BCUT2D eigenvalue weighted by molar-refractivity contribution is 5.99. The SMILES string of the molecule is O=C(c1cnn2c(C(F)(F)F)cc(C3CC3)nc12)N1CCN(Cc2ccco2)CC1. The number of furan rings is 1. The fraction of sp³-hybridized carbons (Fsp3) is 0.450. The summed E-state index contributed by atoms with van der Waals surface area (Å²) in [6.45, 7) is 2.92. The highest BCUT2D eigenvalue weighted by atomic mass is 19.4. The number of carbonyl (C=O) groups excluding carboxylic acids is 1. The lowest BCUT2D eigenvalue weighted by Crippen LogP contribution is -2.48. The van der Waals surface area contributed by atoms with Gasteiger partial charge in [-0.1, -0.05) is 0 Å². The first-order valence-corrected chi connectivity index (χ1v) is 9.90. The molecular formula is C20H20F3N5O2. The van der Waals surface area contributed by atoms with E-state index < -0.39 is 11.9 Å². The van der Waals surface area contributed by atoms with E-state index in [1.54, 1.807) is 11.2 Å². The molecule has 158 valence electrons. The maximum Gasteiger partial charge on any atom is 0.433 e. The average molecular weight is 419 g/mol. The fourth-order valence-electron chi connectivity index (χ4n) is 3.83. The minimum atomic E-state index is -4.57. The van der Waals surface area contributed by atoms with Gasteiger partial charge in [0.15, 0.2) is 5.65 Å². The molecule has 7 nitrogen and oxygen atoms in total. The Balaban J connectivity index is 1.38. The van der Waals surface area contributed by atoms with E-state index >= 15 is 0 Å². The molecule has 0 radical (unpaired) electrons. The van der Waals surface area contributed by atoms with Gasteiger partial charge in [-0.25, -0.2) is 9.50 Å². The third-order valence-electron chi connectivity index (χ3n) is 5.63. The summed E-state index contributed by atoms with van der Waals surface area (Å²) < 4.78 is 46.7. The summed E-state index contributed by atoms with van der Waals surface area (Å²) in [5.41, 5.74) is -0.415. The summed E-state index contributed by atoms with van der Waals surface area (Å²) in [7, 11) is 0. The molecule has 0 N–H and O–H groups in total. The smallest absolute Gasteiger partial charge is 0.433 e. The van der Waals surface area contributed by atoms with Gasteiger partial charge in [0.1, 0.15) is 17.0 Å². The summed E-state index contributed by atoms with van der Waals surface area (Å²) in [6.07, 6.45) is -0.121. The Morgan fingerprint density at radius 2 is 1.97 bits per heavy atom. The van der Waals surface area contributed by atoms with Gasteiger partial charge in [-0.3, -0.25) is 9.69 Å². The highest BCUT2D eigenvalue weighted by Crippen LogP contribution is 2.41. The van der Waals surface area contributed by atoms with Crippen molar-refractivity contribution in [3.05, 3.63) is 53.4 Å². The van der Waals surface area contributed by atoms with E-state index in [0.29, 0.717) is 38.4 Å². The summed E-state index contributed by atoms with van der Waals surface area (Å²) >= 11 is 0. The van der Waals surface area contributed by atoms with Crippen molar-refractivity contribution in [3.8, 4) is 0 Å². The molecule has 2 fully saturated rings. The molecule has 1 aliphatic heterocycles. The summed E-state index contributed by atoms with van der Waals surface area (Å²) in [4.78, 5) is 21.3. The van der Waals surface area contributed by atoms with Gasteiger partial charge in [-0.05, 0) is 31.0 Å². The van der Waals surface area contributed by atoms with Crippen LogP contribution >= 0.6 is 0 Å². The van der Waals surface area contributed by atoms with Crippen molar-refractivity contribution in [2.24, 2.45) is 0 Å². The van der Waals surface area contributed by atoms with Gasteiger partial charge in [0, 0.05) is 37.8 Å². The third kappa shape index (κ3) is 3.55. The Hall–Kier alpha value is -2.88. The van der Waals surface area contributed by atoms with Crippen molar-refractivity contribution in [2.45, 2.75) is 31.5 Å². The molecule has 1 amide bonds. The summed E-state index contributed by atoms with van der Waals surface area (Å²) in [5.74, 6) is 0.546. The lowest BCUT2D eigenvalue weighted by atomic mass is 10.2. The van der Waals surface area contributed by atoms with Crippen LogP contribution in [0.4, 0.5) is 13.2 Å². The number of alkyl halides is 3. The number of hydrogen-bond acceptors (Lipinski definition) is 5. The first kappa shape index (κ1) is 19.1. The lowest BCUT2D eigenvalue weighted by molar-refractivity contribution is -0.142. The number of piperazine rings is 1. The van der Waals surface area contributed by atoms with Gasteiger partial charge in [-0.15, -0.1) is 0 Å². The van der Waals surface area contributed by atoms with E-state index in [2.05, 4.69) is 15.0 Å². The molecule has 4 heterocycles. The molecule has 30 heavy (non-hydrogen) atoms. The molecule has 0 aromatic carbocycles. The largest absolute Gasteiger partial charge is 0.468 e. The van der Waals surface area contributed by atoms with Crippen LogP contribution in [0.25, 0.3) is 5.65 Å². The monoisotopic (exact) mass is 419 g/mol. The first-order valence-electron chi connectivity index (χ1n) is 9.90. The number of amides is 1. The highest BCUT2D eigenvalue weighted by Gasteiger charge is 2.38. The second-order valence-corrected chi connectivity index (χ2v) is 7.78. The number of fused-ring (bicyclic) bond motifs is 1. The van der Waals surface area contributed by atoms with Crippen LogP contribution in [0.3, 0.4) is 0 Å². The topological polar surface area (TPSA) is 66.9 Å². The third-order valence-corrected chi connectivity index (χ3v) is 5.63. The normalized spacial score (nSPS) is 18.3. The van der Waals surface area contributed by atoms with Crippen LogP contribution in [0.1, 0.15) is 46.3 Å². The van der Waals surface area contributed by atoms with Crippen LogP contribution in [0.5, 0.6) is 0 Å². The molecule has 0 unspecified atom stereocenters. The van der Waals surface area contributed by atoms with E-state index in [4.69, 9.17) is 4.42 Å². The van der Waals surface area contributed by atoms with E-state index in [0.717, 1.165) is 29.2 Å². The lowest BCUT2D eigenvalue weighted by Gasteiger charge is -2.34. The summed E-state index contributed by atoms with van der Waals surface area (Å²) in [6, 6.07) is 4.79. The second kappa shape index (κ2) is 7.12. The molecule has 3 aromatic rings. The van der Waals surface area contributed by atoms with Crippen molar-refractivity contribution in [3.63, 3.8) is 0 Å². The van der Waals surface area contributed by atoms with Crippen molar-refractivity contribution in [2.75, 3.05) is 26.2 Å². The van der Waals surface area contributed by atoms with Gasteiger partial charge in [0.05, 0.1) is 19.0 Å². The van der Waals surface area contributed by atoms with Crippen molar-refractivity contribution in [1.29, 1.82) is 0 Å². The van der Waals surface area contributed by atoms with Gasteiger partial charge in [0.2, 0.25) is 0 Å². The van der Waals surface area contributed by atoms with E-state index in [-0.39, 0.29) is 23.0 Å². The Labute approximate surface area is 170 Å². The molecule has 3 aromatic heterocycles. The zero-order valence-corrected chi connectivity index (χ0v) is 16.1. The zero-order valence-electron chi connectivity index (χ0n) is 16.1. The first-order chi connectivity index (χ1) is 14.4. The van der Waals surface area contributed by atoms with Gasteiger partial charge in [0.25, 0.3) is 5.91 Å². The molecule has 0 spiro atoms. The molecule has 2 aliphatic rings. The van der Waals surface area contributed by atoms with Crippen molar-refractivity contribution < 1.29 is 22.4 Å². The van der Waals surface area contributed by atoms with Gasteiger partial charge >= 0.3 is 6.18 Å². The van der Waals surface area contributed by atoms with Gasteiger partial charge in [-0.2, -0.15) is 18.3 Å². The predicted molar refractivity (Wildman–Crippen MR) is 99.9 cm³/mol. The van der Waals surface area contributed by atoms with Crippen LogP contribution in [0.15, 0.2) is 35.1 Å². The quantitative estimate of drug-likeness (QED) is 0.650. The molecular weight excluding hydrogens is 399 g/mol. The van der Waals surface area contributed by atoms with Crippen molar-refractivity contribution >= 4 is 11.6 Å². The Kier molecular flexibility index (Phi) is 4.53. The molecule has 5 rings (SSSR count). The average Bonchev–Trinajstić information content (AvgIpc) is 3.28. The minimum absolute atomic E-state index is 0.0188. The number of nitrogens with zero attached hydrogens (tertiary/aromatic N) is 5. The fourth-order valence-corrected chi connectivity index (χ4v) is 3.83. The number of aromatic nitrogens is 3. The Morgan fingerprint density at radius 3 is 2.60 bits per heavy atom. The zero-order chi connectivity index (χ0) is 20.9. The molecule has 1 saturated heterocycles. The molecule has 0 atom stereocenters. The van der Waals surface area contributed by atoms with Crippen LogP contribution in [0.2, 0.25) is 0 Å². The second-order valence-electron chi connectivity index (χ2n) is 7.78. The number of halogens is 3. The Bertz CT molecular complexity index is 1060. The van der Waals surface area contributed by atoms with Crippen molar-refractivity contribution in [1.82, 2.24) is 24.4 Å². The van der Waals surface area contributed by atoms with Crippen LogP contribution in [0, 0.1) is 0 Å². The predicted octanol–water partition coefficient (Wildman–Crippen LogP) is 3.18. The number of carbonyl (C=O) groups is 1. The van der Waals surface area contributed by atoms with Gasteiger partial charge < -0.3 is 9.32 Å². The van der Waals surface area contributed by atoms with E-state index in [1.165, 1.54) is 6.20 Å². The molecule has 10 heteroatoms.